The second-order valence-corrected chi connectivity index (χ2v) is 12.0. The zero-order valence-corrected chi connectivity index (χ0v) is 25.6. The van der Waals surface area contributed by atoms with Crippen molar-refractivity contribution < 1.29 is 8.83 Å². The number of rotatable bonds is 4. The van der Waals surface area contributed by atoms with Crippen molar-refractivity contribution in [2.24, 2.45) is 0 Å². The molecule has 10 aromatic rings. The number of aromatic nitrogens is 3. The molecule has 224 valence electrons. The van der Waals surface area contributed by atoms with Crippen LogP contribution in [0.3, 0.4) is 0 Å². The first-order valence-corrected chi connectivity index (χ1v) is 15.9. The summed E-state index contributed by atoms with van der Waals surface area (Å²) in [7, 11) is 0. The van der Waals surface area contributed by atoms with Crippen LogP contribution in [-0.4, -0.2) is 15.0 Å². The number of furan rings is 2. The molecule has 7 aromatic carbocycles. The number of hydrogen-bond donors (Lipinski definition) is 0. The maximum atomic E-state index is 6.45. The van der Waals surface area contributed by atoms with E-state index < -0.39 is 0 Å². The summed E-state index contributed by atoms with van der Waals surface area (Å²) in [6.45, 7) is 0. The van der Waals surface area contributed by atoms with Crippen molar-refractivity contribution in [3.63, 3.8) is 0 Å². The van der Waals surface area contributed by atoms with Crippen molar-refractivity contribution in [1.29, 1.82) is 0 Å². The molecular formula is C43H25N3O2. The molecule has 0 fully saturated rings. The highest BCUT2D eigenvalue weighted by molar-refractivity contribution is 6.13. The fourth-order valence-electron chi connectivity index (χ4n) is 6.78. The SMILES string of the molecule is c1ccc(-c2cc(-c3nc(-c4ccc5ccccc5c4)nc(-c4ccc5oc6ccccc6c5c4)n3)c3c(c2)oc2ccccc23)cc1. The minimum absolute atomic E-state index is 0.578. The predicted octanol–water partition coefficient (Wildman–Crippen LogP) is 11.5. The van der Waals surface area contributed by atoms with Gasteiger partial charge in [0.05, 0.1) is 0 Å². The Kier molecular flexibility index (Phi) is 5.81. The van der Waals surface area contributed by atoms with Crippen molar-refractivity contribution in [1.82, 2.24) is 15.0 Å². The fraction of sp³-hybridized carbons (Fsp3) is 0. The van der Waals surface area contributed by atoms with Gasteiger partial charge in [0.15, 0.2) is 17.5 Å². The zero-order valence-electron chi connectivity index (χ0n) is 25.6. The minimum Gasteiger partial charge on any atom is -0.456 e. The highest BCUT2D eigenvalue weighted by Crippen LogP contribution is 2.40. The highest BCUT2D eigenvalue weighted by Gasteiger charge is 2.20. The quantitative estimate of drug-likeness (QED) is 0.197. The first-order valence-electron chi connectivity index (χ1n) is 15.9. The Balaban J connectivity index is 1.27. The molecule has 5 heteroatoms. The van der Waals surface area contributed by atoms with Gasteiger partial charge in [0.25, 0.3) is 0 Å². The van der Waals surface area contributed by atoms with Gasteiger partial charge in [-0.05, 0) is 70.4 Å². The molecule has 0 atom stereocenters. The summed E-state index contributed by atoms with van der Waals surface area (Å²) in [5, 5.41) is 6.35. The molecule has 48 heavy (non-hydrogen) atoms. The van der Waals surface area contributed by atoms with Crippen LogP contribution in [0.4, 0.5) is 0 Å². The van der Waals surface area contributed by atoms with Gasteiger partial charge in [-0.3, -0.25) is 0 Å². The van der Waals surface area contributed by atoms with Crippen molar-refractivity contribution in [3.8, 4) is 45.3 Å². The van der Waals surface area contributed by atoms with E-state index in [-0.39, 0.29) is 0 Å². The molecule has 3 aromatic heterocycles. The van der Waals surface area contributed by atoms with Crippen LogP contribution in [0.15, 0.2) is 160 Å². The Morgan fingerprint density at radius 1 is 0.333 bits per heavy atom. The Hall–Kier alpha value is -6.59. The Labute approximate surface area is 274 Å². The zero-order chi connectivity index (χ0) is 31.6. The second-order valence-electron chi connectivity index (χ2n) is 12.0. The van der Waals surface area contributed by atoms with E-state index in [9.17, 15) is 0 Å². The summed E-state index contributed by atoms with van der Waals surface area (Å²) in [6, 6.07) is 51.7. The fourth-order valence-corrected chi connectivity index (χ4v) is 6.78. The maximum absolute atomic E-state index is 6.45. The average Bonchev–Trinajstić information content (AvgIpc) is 3.72. The molecule has 0 unspecified atom stereocenters. The van der Waals surface area contributed by atoms with Crippen LogP contribution in [0.5, 0.6) is 0 Å². The number of benzene rings is 7. The first kappa shape index (κ1) is 26.6. The van der Waals surface area contributed by atoms with E-state index >= 15 is 0 Å². The summed E-state index contributed by atoms with van der Waals surface area (Å²) in [6.07, 6.45) is 0. The van der Waals surface area contributed by atoms with E-state index in [0.29, 0.717) is 17.5 Å². The summed E-state index contributed by atoms with van der Waals surface area (Å²) < 4.78 is 12.6. The van der Waals surface area contributed by atoms with Crippen LogP contribution in [0.1, 0.15) is 0 Å². The van der Waals surface area contributed by atoms with Crippen molar-refractivity contribution in [2.45, 2.75) is 0 Å². The van der Waals surface area contributed by atoms with E-state index in [1.54, 1.807) is 0 Å². The van der Waals surface area contributed by atoms with Crippen molar-refractivity contribution in [2.75, 3.05) is 0 Å². The molecular weight excluding hydrogens is 590 g/mol. The Morgan fingerprint density at radius 2 is 0.938 bits per heavy atom. The molecule has 3 heterocycles. The summed E-state index contributed by atoms with van der Waals surface area (Å²) in [4.78, 5) is 15.5. The molecule has 0 aliphatic rings. The third-order valence-corrected chi connectivity index (χ3v) is 9.10. The molecule has 0 aliphatic heterocycles. The summed E-state index contributed by atoms with van der Waals surface area (Å²) >= 11 is 0. The predicted molar refractivity (Wildman–Crippen MR) is 194 cm³/mol. The molecule has 0 spiro atoms. The van der Waals surface area contributed by atoms with E-state index in [2.05, 4.69) is 84.9 Å². The molecule has 0 radical (unpaired) electrons. The van der Waals surface area contributed by atoms with Gasteiger partial charge in [-0.15, -0.1) is 0 Å². The van der Waals surface area contributed by atoms with Crippen LogP contribution >= 0.6 is 0 Å². The van der Waals surface area contributed by atoms with Crippen LogP contribution in [0.2, 0.25) is 0 Å². The van der Waals surface area contributed by atoms with Crippen LogP contribution < -0.4 is 0 Å². The van der Waals surface area contributed by atoms with Crippen LogP contribution in [0.25, 0.3) is 99.9 Å². The standard InChI is InChI=1S/C43H25N3O2/c1-2-10-26(11-3-1)31-24-35(40-33-15-7-9-17-37(33)48-39(40)25-31)43-45-41(29-19-18-27-12-4-5-13-28(27)22-29)44-42(46-43)30-20-21-38-34(23-30)32-14-6-8-16-36(32)47-38/h1-25H. The molecule has 0 N–H and O–H groups in total. The van der Waals surface area contributed by atoms with E-state index in [1.165, 1.54) is 0 Å². The number of fused-ring (bicyclic) bond motifs is 7. The third kappa shape index (κ3) is 4.29. The topological polar surface area (TPSA) is 65.0 Å². The molecule has 0 saturated heterocycles. The lowest BCUT2D eigenvalue weighted by Gasteiger charge is -2.11. The second kappa shape index (κ2) is 10.5. The monoisotopic (exact) mass is 615 g/mol. The molecule has 0 aliphatic carbocycles. The van der Waals surface area contributed by atoms with Crippen molar-refractivity contribution in [3.05, 3.63) is 152 Å². The molecule has 0 bridgehead atoms. The van der Waals surface area contributed by atoms with Gasteiger partial charge in [0, 0.05) is 38.2 Å². The van der Waals surface area contributed by atoms with Gasteiger partial charge in [-0.25, -0.2) is 15.0 Å². The van der Waals surface area contributed by atoms with Gasteiger partial charge in [-0.1, -0.05) is 103 Å². The van der Waals surface area contributed by atoms with E-state index in [0.717, 1.165) is 82.5 Å². The number of hydrogen-bond acceptors (Lipinski definition) is 5. The first-order chi connectivity index (χ1) is 23.7. The van der Waals surface area contributed by atoms with E-state index in [4.69, 9.17) is 23.8 Å². The molecule has 5 nitrogen and oxygen atoms in total. The Morgan fingerprint density at radius 3 is 1.77 bits per heavy atom. The lowest BCUT2D eigenvalue weighted by molar-refractivity contribution is 0.668. The van der Waals surface area contributed by atoms with Crippen molar-refractivity contribution >= 4 is 54.6 Å². The summed E-state index contributed by atoms with van der Waals surface area (Å²) in [5.41, 5.74) is 8.08. The third-order valence-electron chi connectivity index (χ3n) is 9.10. The van der Waals surface area contributed by atoms with Crippen LogP contribution in [0, 0.1) is 0 Å². The Bertz CT molecular complexity index is 2850. The van der Waals surface area contributed by atoms with E-state index in [1.807, 2.05) is 66.7 Å². The van der Waals surface area contributed by atoms with Crippen LogP contribution in [-0.2, 0) is 0 Å². The van der Waals surface area contributed by atoms with Gasteiger partial charge < -0.3 is 8.83 Å². The van der Waals surface area contributed by atoms with Gasteiger partial charge in [-0.2, -0.15) is 0 Å². The van der Waals surface area contributed by atoms with Gasteiger partial charge in [0.2, 0.25) is 0 Å². The average molecular weight is 616 g/mol. The maximum Gasteiger partial charge on any atom is 0.164 e. The molecule has 0 amide bonds. The van der Waals surface area contributed by atoms with Gasteiger partial charge in [0.1, 0.15) is 22.3 Å². The molecule has 0 saturated carbocycles. The minimum atomic E-state index is 0.578. The lowest BCUT2D eigenvalue weighted by Crippen LogP contribution is -2.01. The summed E-state index contributed by atoms with van der Waals surface area (Å²) in [5.74, 6) is 1.76. The lowest BCUT2D eigenvalue weighted by atomic mass is 9.98. The highest BCUT2D eigenvalue weighted by atomic mass is 16.3. The normalized spacial score (nSPS) is 11.8. The smallest absolute Gasteiger partial charge is 0.164 e. The largest absolute Gasteiger partial charge is 0.456 e. The molecule has 10 rings (SSSR count). The number of para-hydroxylation sites is 2. The number of nitrogens with zero attached hydrogens (tertiary/aromatic N) is 3. The van der Waals surface area contributed by atoms with Gasteiger partial charge >= 0.3 is 0 Å².